The van der Waals surface area contributed by atoms with Crippen molar-refractivity contribution in [2.45, 2.75) is 6.92 Å². The summed E-state index contributed by atoms with van der Waals surface area (Å²) in [6, 6.07) is 0. The van der Waals surface area contributed by atoms with E-state index in [1.54, 1.807) is 13.1 Å². The van der Waals surface area contributed by atoms with Crippen LogP contribution >= 0.6 is 0 Å². The Morgan fingerprint density at radius 1 is 1.86 bits per heavy atom. The van der Waals surface area contributed by atoms with Gasteiger partial charge in [0.15, 0.2) is 5.90 Å². The Morgan fingerprint density at radius 2 is 2.71 bits per heavy atom. The minimum Gasteiger partial charge on any atom is -0.443 e. The summed E-state index contributed by atoms with van der Waals surface area (Å²) >= 11 is 0. The normalized spacial score (nSPS) is 15.9. The highest BCUT2D eigenvalue weighted by molar-refractivity contribution is 5.74. The zero-order valence-electron chi connectivity index (χ0n) is 4.01. The summed E-state index contributed by atoms with van der Waals surface area (Å²) < 4.78 is 4.76. The summed E-state index contributed by atoms with van der Waals surface area (Å²) in [6.45, 7) is 1.79. The van der Waals surface area contributed by atoms with E-state index in [1.807, 2.05) is 0 Å². The largest absolute Gasteiger partial charge is 0.443 e. The molecule has 36 valence electrons. The molecule has 2 heteroatoms. The van der Waals surface area contributed by atoms with Crippen LogP contribution in [-0.4, -0.2) is 5.90 Å². The van der Waals surface area contributed by atoms with Crippen LogP contribution < -0.4 is 0 Å². The van der Waals surface area contributed by atoms with Gasteiger partial charge in [-0.2, -0.15) is 0 Å². The minimum absolute atomic E-state index is 0.666. The van der Waals surface area contributed by atoms with Gasteiger partial charge in [-0.15, -0.1) is 0 Å². The fourth-order valence-corrected chi connectivity index (χ4v) is 0.308. The van der Waals surface area contributed by atoms with Gasteiger partial charge in [0, 0.05) is 6.92 Å². The van der Waals surface area contributed by atoms with E-state index in [1.165, 1.54) is 6.26 Å². The highest BCUT2D eigenvalue weighted by Crippen LogP contribution is 1.87. The average molecular weight is 95.1 g/mol. The number of hydrogen-bond donors (Lipinski definition) is 0. The molecule has 0 spiro atoms. The first-order valence-corrected chi connectivity index (χ1v) is 2.00. The molecule has 0 N–H and O–H groups in total. The van der Waals surface area contributed by atoms with Crippen molar-refractivity contribution in [2.75, 3.05) is 0 Å². The van der Waals surface area contributed by atoms with Crippen LogP contribution in [0.15, 0.2) is 23.2 Å². The number of hydrogen-bond acceptors (Lipinski definition) is 2. The van der Waals surface area contributed by atoms with Crippen molar-refractivity contribution >= 4 is 5.90 Å². The van der Waals surface area contributed by atoms with E-state index >= 15 is 0 Å². The molecule has 1 aliphatic rings. The van der Waals surface area contributed by atoms with Crippen LogP contribution in [0.1, 0.15) is 6.92 Å². The lowest BCUT2D eigenvalue weighted by Crippen LogP contribution is -1.92. The first kappa shape index (κ1) is 4.16. The lowest BCUT2D eigenvalue weighted by molar-refractivity contribution is 0.466. The highest BCUT2D eigenvalue weighted by atomic mass is 16.5. The fraction of sp³-hybridized carbons (Fsp3) is 0.200. The minimum atomic E-state index is 0.666. The Morgan fingerprint density at radius 3 is 3.00 bits per heavy atom. The van der Waals surface area contributed by atoms with Crippen LogP contribution in [0.3, 0.4) is 0 Å². The molecule has 0 radical (unpaired) electrons. The molecule has 0 saturated heterocycles. The first-order valence-electron chi connectivity index (χ1n) is 2.00. The second kappa shape index (κ2) is 1.63. The molecule has 2 nitrogen and oxygen atoms in total. The predicted molar refractivity (Wildman–Crippen MR) is 26.8 cm³/mol. The van der Waals surface area contributed by atoms with E-state index in [0.717, 1.165) is 0 Å². The maximum absolute atomic E-state index is 4.76. The third kappa shape index (κ3) is 0.913. The molecule has 7 heavy (non-hydrogen) atoms. The predicted octanol–water partition coefficient (Wildman–Crippen LogP) is 1.06. The van der Waals surface area contributed by atoms with Gasteiger partial charge in [0.2, 0.25) is 0 Å². The van der Waals surface area contributed by atoms with Crippen LogP contribution in [-0.2, 0) is 4.74 Å². The van der Waals surface area contributed by atoms with Gasteiger partial charge in [0.25, 0.3) is 0 Å². The number of rotatable bonds is 0. The van der Waals surface area contributed by atoms with E-state index in [9.17, 15) is 0 Å². The Kier molecular flexibility index (Phi) is 0.966. The molecule has 0 aromatic carbocycles. The smallest absolute Gasteiger partial charge is 0.192 e. The summed E-state index contributed by atoms with van der Waals surface area (Å²) in [5, 5.41) is 0. The summed E-state index contributed by atoms with van der Waals surface area (Å²) in [6.07, 6.45) is 3.04. The molecule has 1 rings (SSSR count). The molecule has 0 atom stereocenters. The SMILES string of the molecule is CC1=NC=C=CO1. The summed E-state index contributed by atoms with van der Waals surface area (Å²) in [7, 11) is 0. The molecule has 0 amide bonds. The molecular weight excluding hydrogens is 90.1 g/mol. The molecule has 0 aliphatic carbocycles. The molecule has 0 saturated carbocycles. The van der Waals surface area contributed by atoms with Gasteiger partial charge in [-0.25, -0.2) is 4.99 Å². The molecule has 1 heterocycles. The Bertz CT molecular complexity index is 151. The zero-order chi connectivity index (χ0) is 5.11. The quantitative estimate of drug-likeness (QED) is 0.412. The molecule has 0 bridgehead atoms. The number of aliphatic imine (C=N–C) groups is 1. The van der Waals surface area contributed by atoms with Crippen molar-refractivity contribution in [3.05, 3.63) is 18.2 Å². The van der Waals surface area contributed by atoms with E-state index in [-0.39, 0.29) is 0 Å². The number of nitrogens with zero attached hydrogens (tertiary/aromatic N) is 1. The van der Waals surface area contributed by atoms with Crippen LogP contribution in [0.25, 0.3) is 0 Å². The number of ether oxygens (including phenoxy) is 1. The lowest BCUT2D eigenvalue weighted by Gasteiger charge is -1.94. The standard InChI is InChI=1S/C5H5NO/c1-5-6-3-2-4-7-5/h3-4H,1H3. The van der Waals surface area contributed by atoms with Crippen molar-refractivity contribution < 1.29 is 4.74 Å². The third-order valence-electron chi connectivity index (χ3n) is 0.618. The van der Waals surface area contributed by atoms with E-state index in [4.69, 9.17) is 4.74 Å². The second-order valence-electron chi connectivity index (χ2n) is 1.18. The van der Waals surface area contributed by atoms with Crippen LogP contribution in [0.5, 0.6) is 0 Å². The first-order chi connectivity index (χ1) is 3.39. The van der Waals surface area contributed by atoms with Crippen LogP contribution in [0.2, 0.25) is 0 Å². The highest BCUT2D eigenvalue weighted by Gasteiger charge is 1.84. The van der Waals surface area contributed by atoms with Crippen LogP contribution in [0, 0.1) is 0 Å². The topological polar surface area (TPSA) is 21.6 Å². The molecule has 0 aromatic rings. The van der Waals surface area contributed by atoms with Gasteiger partial charge >= 0.3 is 0 Å². The van der Waals surface area contributed by atoms with E-state index < -0.39 is 0 Å². The Labute approximate surface area is 41.8 Å². The molecular formula is C5H5NO. The molecule has 0 unspecified atom stereocenters. The average Bonchev–Trinajstić information content (AvgIpc) is 1.69. The lowest BCUT2D eigenvalue weighted by atomic mass is 10.7. The van der Waals surface area contributed by atoms with Gasteiger partial charge < -0.3 is 4.74 Å². The fourth-order valence-electron chi connectivity index (χ4n) is 0.308. The van der Waals surface area contributed by atoms with Crippen molar-refractivity contribution in [1.29, 1.82) is 0 Å². The van der Waals surface area contributed by atoms with Gasteiger partial charge in [0.05, 0.1) is 6.20 Å². The molecule has 0 aromatic heterocycles. The van der Waals surface area contributed by atoms with Gasteiger partial charge in [-0.05, 0) is 0 Å². The Hall–Kier alpha value is -1.01. The van der Waals surface area contributed by atoms with Crippen molar-refractivity contribution in [3.63, 3.8) is 0 Å². The zero-order valence-corrected chi connectivity index (χ0v) is 4.01. The van der Waals surface area contributed by atoms with Gasteiger partial charge in [-0.1, -0.05) is 5.73 Å². The van der Waals surface area contributed by atoms with Crippen LogP contribution in [0.4, 0.5) is 0 Å². The van der Waals surface area contributed by atoms with Crippen molar-refractivity contribution in [2.24, 2.45) is 4.99 Å². The summed E-state index contributed by atoms with van der Waals surface area (Å²) in [4.78, 5) is 3.76. The third-order valence-corrected chi connectivity index (χ3v) is 0.618. The summed E-state index contributed by atoms with van der Waals surface area (Å²) in [5.41, 5.74) is 2.66. The van der Waals surface area contributed by atoms with Gasteiger partial charge in [0.1, 0.15) is 6.26 Å². The van der Waals surface area contributed by atoms with E-state index in [0.29, 0.717) is 5.90 Å². The maximum atomic E-state index is 4.76. The second-order valence-corrected chi connectivity index (χ2v) is 1.18. The monoisotopic (exact) mass is 95.0 g/mol. The molecule has 1 aliphatic heterocycles. The maximum Gasteiger partial charge on any atom is 0.192 e. The van der Waals surface area contributed by atoms with Crippen molar-refractivity contribution in [1.82, 2.24) is 0 Å². The van der Waals surface area contributed by atoms with Crippen molar-refractivity contribution in [3.8, 4) is 0 Å². The summed E-state index contributed by atoms with van der Waals surface area (Å²) in [5.74, 6) is 0.666. The van der Waals surface area contributed by atoms with E-state index in [2.05, 4.69) is 10.7 Å². The van der Waals surface area contributed by atoms with Gasteiger partial charge in [-0.3, -0.25) is 0 Å². The Balaban J connectivity index is 2.77. The molecule has 0 fully saturated rings.